The normalized spacial score (nSPS) is 15.6. The van der Waals surface area contributed by atoms with E-state index >= 15 is 0 Å². The number of hydrogen-bond donors (Lipinski definition) is 1. The van der Waals surface area contributed by atoms with E-state index in [0.29, 0.717) is 43.0 Å². The van der Waals surface area contributed by atoms with Gasteiger partial charge in [0.2, 0.25) is 0 Å². The molecule has 1 saturated heterocycles. The molecule has 5 heterocycles. The second-order valence-electron chi connectivity index (χ2n) is 25.2. The number of alkyl halides is 3. The van der Waals surface area contributed by atoms with E-state index in [9.17, 15) is 31.9 Å². The van der Waals surface area contributed by atoms with Crippen LogP contribution < -0.4 is 24.3 Å². The summed E-state index contributed by atoms with van der Waals surface area (Å²) in [5.41, 5.74) is 11.3. The number of piperazine rings is 1. The van der Waals surface area contributed by atoms with Gasteiger partial charge in [0.1, 0.15) is 39.2 Å². The van der Waals surface area contributed by atoms with Crippen LogP contribution in [0.2, 0.25) is 0 Å². The van der Waals surface area contributed by atoms with Gasteiger partial charge >= 0.3 is 12.1 Å². The van der Waals surface area contributed by atoms with E-state index in [1.807, 2.05) is 93.8 Å². The van der Waals surface area contributed by atoms with Crippen LogP contribution in [0.4, 0.5) is 17.6 Å². The van der Waals surface area contributed by atoms with Crippen LogP contribution in [0.25, 0.3) is 0 Å². The summed E-state index contributed by atoms with van der Waals surface area (Å²) in [4.78, 5) is 48.2. The maximum Gasteiger partial charge on any atom is 0.471 e. The van der Waals surface area contributed by atoms with E-state index in [1.165, 1.54) is 33.7 Å². The highest BCUT2D eigenvalue weighted by Gasteiger charge is 2.43. The Morgan fingerprint density at radius 1 is 0.682 bits per heavy atom. The molecule has 4 aliphatic rings. The Morgan fingerprint density at radius 2 is 1.18 bits per heavy atom. The number of nitriles is 1. The molecule has 0 saturated carbocycles. The number of aromatic nitrogens is 1. The Labute approximate surface area is 524 Å². The van der Waals surface area contributed by atoms with Crippen molar-refractivity contribution in [2.75, 3.05) is 75.3 Å². The van der Waals surface area contributed by atoms with E-state index in [2.05, 4.69) is 74.9 Å². The summed E-state index contributed by atoms with van der Waals surface area (Å²) in [5.74, 6) is 2.57. The molecule has 0 bridgehead atoms. The molecule has 1 atom stereocenters. The third kappa shape index (κ3) is 17.8. The third-order valence-corrected chi connectivity index (χ3v) is 18.1. The van der Waals surface area contributed by atoms with Crippen molar-refractivity contribution in [3.05, 3.63) is 131 Å². The predicted octanol–water partition coefficient (Wildman–Crippen LogP) is 14.2. The van der Waals surface area contributed by atoms with Crippen molar-refractivity contribution in [1.29, 1.82) is 5.26 Å². The van der Waals surface area contributed by atoms with Crippen molar-refractivity contribution in [3.63, 3.8) is 0 Å². The molecule has 19 heteroatoms. The van der Waals surface area contributed by atoms with E-state index in [-0.39, 0.29) is 48.3 Å². The lowest BCUT2D eigenvalue weighted by Crippen LogP contribution is -2.52. The first kappa shape index (κ1) is 72.0. The highest BCUT2D eigenvalue weighted by Crippen LogP contribution is 2.38. The average Bonchev–Trinajstić information content (AvgIpc) is 3.65. The zero-order valence-electron chi connectivity index (χ0n) is 55.6. The number of thiazole rings is 1. The molecule has 14 nitrogen and oxygen atoms in total. The van der Waals surface area contributed by atoms with Crippen LogP contribution in [0.3, 0.4) is 0 Å². The van der Waals surface area contributed by atoms with Crippen LogP contribution >= 0.6 is 11.3 Å². The molecular weight excluding hydrogens is 1150 g/mol. The molecule has 4 aromatic carbocycles. The Balaban J connectivity index is 0.000000203. The number of ether oxygens (including phenoxy) is 4. The number of fused-ring (bicyclic) bond motifs is 3. The first-order chi connectivity index (χ1) is 41.2. The molecule has 0 spiro atoms. The maximum atomic E-state index is 14.4. The second-order valence-corrected chi connectivity index (χ2v) is 26.2. The number of benzene rings is 4. The van der Waals surface area contributed by atoms with Gasteiger partial charge < -0.3 is 43.9 Å². The standard InChI is InChI=1S/C17H25FN2O2.C15H18F3NO2.C13H17NO2.C13H19NO.C11H16N2S/c1-11(2)13-8-15(18)14(9-16(13)22-5)17(21)20-7-6-19(4)10-12(20)3;1-9(2)12-6-11-8-19(14(20)15(16,17)18)5-4-10(11)7-13(12)21-3;1-8(2)10-6-11-9(5-12(10)16-4)7-14(3)13(11)15;1-9(2)12-6-11-8-14-5-4-10(11)7-13(12)15-3;1-7(2)9-8(3)13-10(14-9)11(4,5)6-12/h8-9,11-12H,6-7,10H2,1-5H3;6-7,9H,4-5,8H2,1-3H3;5-6,8H,7H2,1-4H3;6-7,9,14H,4-5,8H2,1-3H3;7H,1-5H3. The van der Waals surface area contributed by atoms with Crippen molar-refractivity contribution in [1.82, 2.24) is 29.9 Å². The smallest absolute Gasteiger partial charge is 0.471 e. The summed E-state index contributed by atoms with van der Waals surface area (Å²) in [6.07, 6.45) is -3.29. The first-order valence-electron chi connectivity index (χ1n) is 30.4. The van der Waals surface area contributed by atoms with Crippen molar-refractivity contribution < 1.29 is 50.9 Å². The van der Waals surface area contributed by atoms with Crippen molar-refractivity contribution in [3.8, 4) is 29.1 Å². The van der Waals surface area contributed by atoms with E-state index in [0.717, 1.165) is 104 Å². The average molecular weight is 1240 g/mol. The summed E-state index contributed by atoms with van der Waals surface area (Å²) >= 11 is 1.67. The molecule has 1 aromatic heterocycles. The van der Waals surface area contributed by atoms with Gasteiger partial charge in [0.25, 0.3) is 11.8 Å². The molecule has 4 aliphatic heterocycles. The summed E-state index contributed by atoms with van der Waals surface area (Å²) < 4.78 is 73.5. The van der Waals surface area contributed by atoms with E-state index in [4.69, 9.17) is 24.2 Å². The van der Waals surface area contributed by atoms with Crippen molar-refractivity contribution in [2.24, 2.45) is 0 Å². The number of likely N-dealkylation sites (N-methyl/N-ethyl adjacent to an activating group) is 1. The number of rotatable bonds is 11. The number of nitrogens with one attached hydrogen (secondary N) is 1. The number of carbonyl (C=O) groups is 3. The van der Waals surface area contributed by atoms with Crippen LogP contribution in [-0.4, -0.2) is 130 Å². The fourth-order valence-electron chi connectivity index (χ4n) is 11.1. The first-order valence-corrected chi connectivity index (χ1v) is 31.2. The van der Waals surface area contributed by atoms with Gasteiger partial charge in [-0.25, -0.2) is 9.37 Å². The quantitative estimate of drug-likeness (QED) is 0.126. The van der Waals surface area contributed by atoms with Crippen LogP contribution in [0.15, 0.2) is 48.5 Å². The summed E-state index contributed by atoms with van der Waals surface area (Å²) in [6.45, 7) is 33.8. The second kappa shape index (κ2) is 31.1. The van der Waals surface area contributed by atoms with Gasteiger partial charge in [-0.2, -0.15) is 18.4 Å². The molecular formula is C69H95F4N7O7S. The largest absolute Gasteiger partial charge is 0.496 e. The van der Waals surface area contributed by atoms with Crippen LogP contribution in [0.5, 0.6) is 23.0 Å². The summed E-state index contributed by atoms with van der Waals surface area (Å²) in [7, 11) is 10.4. The van der Waals surface area contributed by atoms with Crippen LogP contribution in [0, 0.1) is 24.1 Å². The zero-order valence-corrected chi connectivity index (χ0v) is 56.4. The molecule has 1 fully saturated rings. The molecule has 3 amide bonds. The number of aryl methyl sites for hydroxylation is 1. The van der Waals surface area contributed by atoms with Crippen molar-refractivity contribution >= 4 is 29.1 Å². The number of hydrogen-bond acceptors (Lipinski definition) is 12. The number of amides is 3. The van der Waals surface area contributed by atoms with Gasteiger partial charge in [0.05, 0.1) is 45.8 Å². The summed E-state index contributed by atoms with van der Waals surface area (Å²) in [5, 5.41) is 13.3. The highest BCUT2D eigenvalue weighted by molar-refractivity contribution is 7.12. The molecule has 88 heavy (non-hydrogen) atoms. The minimum Gasteiger partial charge on any atom is -0.496 e. The fraction of sp³-hybridized carbons (Fsp3) is 0.551. The maximum absolute atomic E-state index is 14.4. The molecule has 5 aromatic rings. The summed E-state index contributed by atoms with van der Waals surface area (Å²) in [6, 6.07) is 17.5. The van der Waals surface area contributed by atoms with Gasteiger partial charge in [-0.3, -0.25) is 14.4 Å². The number of halogens is 4. The Morgan fingerprint density at radius 3 is 1.67 bits per heavy atom. The number of nitrogens with zero attached hydrogens (tertiary/aromatic N) is 6. The van der Waals surface area contributed by atoms with Crippen LogP contribution in [0.1, 0.15) is 206 Å². The highest BCUT2D eigenvalue weighted by atomic mass is 32.1. The van der Waals surface area contributed by atoms with Gasteiger partial charge in [-0.1, -0.05) is 75.3 Å². The number of methoxy groups -OCH3 is 4. The third-order valence-electron chi connectivity index (χ3n) is 16.3. The molecule has 1 N–H and O–H groups in total. The molecule has 0 aliphatic carbocycles. The predicted molar refractivity (Wildman–Crippen MR) is 342 cm³/mol. The molecule has 482 valence electrons. The number of carbonyl (C=O) groups excluding carboxylic acids is 3. The van der Waals surface area contributed by atoms with Crippen molar-refractivity contribution in [2.45, 2.75) is 177 Å². The topological polar surface area (TPSA) is 150 Å². The SMILES string of the molecule is COc1cc(C(=O)N2CCN(C)CC2C)c(F)cc1C(C)C.COc1cc2c(cc1C(C)C)C(=O)N(C)C2.COc1cc2c(cc1C(C)C)CN(C(=O)C(F)(F)F)CC2.COc1cc2c(cc1C(C)C)CNCC2.Cc1nc(C(C)(C)C#N)sc1C(C)C. The lowest BCUT2D eigenvalue weighted by atomic mass is 9.92. The van der Waals surface area contributed by atoms with E-state index in [1.54, 1.807) is 49.6 Å². The zero-order chi connectivity index (χ0) is 65.9. The molecule has 9 rings (SSSR count). The Kier molecular flexibility index (Phi) is 25.5. The minimum atomic E-state index is -4.81. The molecule has 1 unspecified atom stereocenters. The lowest BCUT2D eigenvalue weighted by Gasteiger charge is -2.38. The fourth-order valence-corrected chi connectivity index (χ4v) is 12.2. The van der Waals surface area contributed by atoms with E-state index < -0.39 is 23.3 Å². The van der Waals surface area contributed by atoms with Crippen LogP contribution in [-0.2, 0) is 42.7 Å². The lowest BCUT2D eigenvalue weighted by molar-refractivity contribution is -0.186. The Bertz CT molecular complexity index is 3280. The van der Waals surface area contributed by atoms with Gasteiger partial charge in [-0.15, -0.1) is 11.3 Å². The minimum absolute atomic E-state index is 0.00259. The Hall–Kier alpha value is -6.75. The van der Waals surface area contributed by atoms with Gasteiger partial charge in [0, 0.05) is 69.3 Å². The van der Waals surface area contributed by atoms with Gasteiger partial charge in [0.15, 0.2) is 0 Å². The molecule has 0 radical (unpaired) electrons. The van der Waals surface area contributed by atoms with Gasteiger partial charge in [-0.05, 0) is 176 Å². The monoisotopic (exact) mass is 1240 g/mol.